The number of carbonyl (C=O) groups is 1. The van der Waals surface area contributed by atoms with Crippen LogP contribution < -0.4 is 5.32 Å². The molecule has 0 aliphatic carbocycles. The summed E-state index contributed by atoms with van der Waals surface area (Å²) < 4.78 is 0. The molecule has 0 heterocycles. The molecule has 0 saturated carbocycles. The van der Waals surface area contributed by atoms with E-state index in [9.17, 15) is 4.79 Å². The van der Waals surface area contributed by atoms with E-state index in [0.29, 0.717) is 19.5 Å². The summed E-state index contributed by atoms with van der Waals surface area (Å²) >= 11 is 0. The fourth-order valence-electron chi connectivity index (χ4n) is 0.872. The van der Waals surface area contributed by atoms with Crippen molar-refractivity contribution in [3.63, 3.8) is 0 Å². The van der Waals surface area contributed by atoms with Crippen molar-refractivity contribution in [2.75, 3.05) is 26.7 Å². The first-order valence-corrected chi connectivity index (χ1v) is 4.70. The topological polar surface area (TPSA) is 52.6 Å². The smallest absolute Gasteiger partial charge is 0.236 e. The van der Waals surface area contributed by atoms with Gasteiger partial charge < -0.3 is 15.3 Å². The van der Waals surface area contributed by atoms with Crippen molar-refractivity contribution in [2.24, 2.45) is 0 Å². The van der Waals surface area contributed by atoms with Crippen molar-refractivity contribution < 1.29 is 9.90 Å². The Morgan fingerprint density at radius 3 is 2.69 bits per heavy atom. The van der Waals surface area contributed by atoms with Crippen LogP contribution in [0.5, 0.6) is 0 Å². The average molecular weight is 188 g/mol. The zero-order valence-corrected chi connectivity index (χ0v) is 8.71. The molecule has 4 nitrogen and oxygen atoms in total. The van der Waals surface area contributed by atoms with Crippen molar-refractivity contribution in [3.05, 3.63) is 0 Å². The minimum Gasteiger partial charge on any atom is -0.393 e. The maximum Gasteiger partial charge on any atom is 0.236 e. The maximum atomic E-state index is 11.3. The number of hydrogen-bond acceptors (Lipinski definition) is 3. The number of nitrogens with one attached hydrogen (secondary N) is 1. The normalized spacial score (nSPS) is 12.6. The van der Waals surface area contributed by atoms with Gasteiger partial charge in [-0.2, -0.15) is 0 Å². The van der Waals surface area contributed by atoms with Crippen LogP contribution in [0.25, 0.3) is 0 Å². The van der Waals surface area contributed by atoms with Crippen LogP contribution in [0, 0.1) is 0 Å². The quantitative estimate of drug-likeness (QED) is 0.608. The minimum atomic E-state index is -0.339. The number of hydrogen-bond donors (Lipinski definition) is 2. The lowest BCUT2D eigenvalue weighted by atomic mass is 10.3. The van der Waals surface area contributed by atoms with E-state index in [2.05, 4.69) is 5.32 Å². The van der Waals surface area contributed by atoms with Gasteiger partial charge in [0.2, 0.25) is 5.91 Å². The molecule has 0 aromatic heterocycles. The van der Waals surface area contributed by atoms with Crippen LogP contribution in [-0.4, -0.2) is 48.7 Å². The molecule has 0 saturated heterocycles. The molecule has 0 spiro atoms. The number of aliphatic hydroxyl groups is 1. The zero-order chi connectivity index (χ0) is 10.3. The zero-order valence-electron chi connectivity index (χ0n) is 8.71. The van der Waals surface area contributed by atoms with Gasteiger partial charge >= 0.3 is 0 Å². The van der Waals surface area contributed by atoms with E-state index in [1.54, 1.807) is 18.9 Å². The molecule has 1 amide bonds. The molecule has 2 N–H and O–H groups in total. The Bertz CT molecular complexity index is 149. The Kier molecular flexibility index (Phi) is 6.54. The van der Waals surface area contributed by atoms with E-state index in [1.807, 2.05) is 6.92 Å². The van der Waals surface area contributed by atoms with Crippen LogP contribution >= 0.6 is 0 Å². The van der Waals surface area contributed by atoms with Gasteiger partial charge in [-0.1, -0.05) is 6.92 Å². The van der Waals surface area contributed by atoms with Crippen molar-refractivity contribution >= 4 is 5.91 Å². The highest BCUT2D eigenvalue weighted by Crippen LogP contribution is 1.93. The molecule has 0 radical (unpaired) electrons. The first kappa shape index (κ1) is 12.4. The molecule has 1 unspecified atom stereocenters. The highest BCUT2D eigenvalue weighted by molar-refractivity contribution is 5.77. The van der Waals surface area contributed by atoms with E-state index < -0.39 is 0 Å². The van der Waals surface area contributed by atoms with Gasteiger partial charge in [-0.05, 0) is 19.9 Å². The largest absolute Gasteiger partial charge is 0.393 e. The molecule has 13 heavy (non-hydrogen) atoms. The fourth-order valence-corrected chi connectivity index (χ4v) is 0.872. The average Bonchev–Trinajstić information content (AvgIpc) is 2.10. The Hall–Kier alpha value is -0.610. The summed E-state index contributed by atoms with van der Waals surface area (Å²) in [6, 6.07) is 0. The molecular weight excluding hydrogens is 168 g/mol. The van der Waals surface area contributed by atoms with E-state index >= 15 is 0 Å². The number of amides is 1. The molecule has 0 aliphatic heterocycles. The Labute approximate surface area is 79.9 Å². The van der Waals surface area contributed by atoms with E-state index in [-0.39, 0.29) is 12.0 Å². The van der Waals surface area contributed by atoms with E-state index in [1.165, 1.54) is 0 Å². The van der Waals surface area contributed by atoms with Gasteiger partial charge in [0.25, 0.3) is 0 Å². The summed E-state index contributed by atoms with van der Waals surface area (Å²) in [5.74, 6) is 0.0718. The molecule has 0 bridgehead atoms. The molecule has 0 aliphatic rings. The number of aliphatic hydroxyl groups excluding tert-OH is 1. The van der Waals surface area contributed by atoms with Gasteiger partial charge in [0, 0.05) is 13.6 Å². The predicted molar refractivity (Wildman–Crippen MR) is 52.5 cm³/mol. The predicted octanol–water partition coefficient (Wildman–Crippen LogP) is -0.175. The SMILES string of the molecule is CCNCC(=O)N(C)CCC(C)O. The number of rotatable bonds is 6. The number of nitrogens with zero attached hydrogens (tertiary/aromatic N) is 1. The van der Waals surface area contributed by atoms with Crippen LogP contribution in [0.15, 0.2) is 0 Å². The lowest BCUT2D eigenvalue weighted by Crippen LogP contribution is -2.36. The number of carbonyl (C=O) groups excluding carboxylic acids is 1. The third-order valence-electron chi connectivity index (χ3n) is 1.83. The summed E-state index contributed by atoms with van der Waals surface area (Å²) in [7, 11) is 1.75. The molecule has 1 atom stereocenters. The third kappa shape index (κ3) is 6.54. The van der Waals surface area contributed by atoms with Crippen molar-refractivity contribution in [2.45, 2.75) is 26.4 Å². The summed E-state index contributed by atoms with van der Waals surface area (Å²) in [5.41, 5.74) is 0. The molecule has 78 valence electrons. The molecule has 0 aromatic rings. The molecular formula is C9H20N2O2. The van der Waals surface area contributed by atoms with Gasteiger partial charge in [0.15, 0.2) is 0 Å². The van der Waals surface area contributed by atoms with Crippen LogP contribution in [0.1, 0.15) is 20.3 Å². The van der Waals surface area contributed by atoms with Crippen molar-refractivity contribution in [3.8, 4) is 0 Å². The second kappa shape index (κ2) is 6.86. The fraction of sp³-hybridized carbons (Fsp3) is 0.889. The van der Waals surface area contributed by atoms with Crippen molar-refractivity contribution in [1.29, 1.82) is 0 Å². The summed E-state index contributed by atoms with van der Waals surface area (Å²) in [4.78, 5) is 12.9. The Morgan fingerprint density at radius 1 is 1.62 bits per heavy atom. The molecule has 0 aromatic carbocycles. The summed E-state index contributed by atoms with van der Waals surface area (Å²) in [5, 5.41) is 12.0. The van der Waals surface area contributed by atoms with Crippen molar-refractivity contribution in [1.82, 2.24) is 10.2 Å². The van der Waals surface area contributed by atoms with E-state index in [4.69, 9.17) is 5.11 Å². The van der Waals surface area contributed by atoms with Gasteiger partial charge in [-0.15, -0.1) is 0 Å². The first-order valence-electron chi connectivity index (χ1n) is 4.70. The monoisotopic (exact) mass is 188 g/mol. The Balaban J connectivity index is 3.57. The van der Waals surface area contributed by atoms with Gasteiger partial charge in [-0.25, -0.2) is 0 Å². The first-order chi connectivity index (χ1) is 6.07. The summed E-state index contributed by atoms with van der Waals surface area (Å²) in [6.45, 7) is 5.48. The second-order valence-corrected chi connectivity index (χ2v) is 3.23. The van der Waals surface area contributed by atoms with Crippen LogP contribution in [0.3, 0.4) is 0 Å². The van der Waals surface area contributed by atoms with Crippen LogP contribution in [0.2, 0.25) is 0 Å². The van der Waals surface area contributed by atoms with Crippen LogP contribution in [-0.2, 0) is 4.79 Å². The molecule has 4 heteroatoms. The second-order valence-electron chi connectivity index (χ2n) is 3.23. The highest BCUT2D eigenvalue weighted by atomic mass is 16.3. The molecule has 0 fully saturated rings. The van der Waals surface area contributed by atoms with Crippen LogP contribution in [0.4, 0.5) is 0 Å². The highest BCUT2D eigenvalue weighted by Gasteiger charge is 2.07. The lowest BCUT2D eigenvalue weighted by Gasteiger charge is -2.17. The van der Waals surface area contributed by atoms with E-state index in [0.717, 1.165) is 6.54 Å². The summed E-state index contributed by atoms with van der Waals surface area (Å²) in [6.07, 6.45) is 0.295. The van der Waals surface area contributed by atoms with Gasteiger partial charge in [0.05, 0.1) is 12.6 Å². The lowest BCUT2D eigenvalue weighted by molar-refractivity contribution is -0.129. The third-order valence-corrected chi connectivity index (χ3v) is 1.83. The van der Waals surface area contributed by atoms with Gasteiger partial charge in [0.1, 0.15) is 0 Å². The maximum absolute atomic E-state index is 11.3. The van der Waals surface area contributed by atoms with Gasteiger partial charge in [-0.3, -0.25) is 4.79 Å². The minimum absolute atomic E-state index is 0.0718. The Morgan fingerprint density at radius 2 is 2.23 bits per heavy atom. The molecule has 0 rings (SSSR count). The standard InChI is InChI=1S/C9H20N2O2/c1-4-10-7-9(13)11(3)6-5-8(2)12/h8,10,12H,4-7H2,1-3H3. The number of likely N-dealkylation sites (N-methyl/N-ethyl adjacent to an activating group) is 2.